The Morgan fingerprint density at radius 3 is 2.50 bits per heavy atom. The summed E-state index contributed by atoms with van der Waals surface area (Å²) in [5, 5.41) is 11.6. The Morgan fingerprint density at radius 1 is 1.41 bits per heavy atom. The Balaban J connectivity index is 5.02. The smallest absolute Gasteiger partial charge is 0.414 e. The van der Waals surface area contributed by atoms with Crippen molar-refractivity contribution in [3.63, 3.8) is 0 Å². The molecule has 0 saturated carbocycles. The second-order valence-electron chi connectivity index (χ2n) is 5.37. The predicted octanol–water partition coefficient (Wildman–Crippen LogP) is 0.352. The van der Waals surface area contributed by atoms with Crippen molar-refractivity contribution in [3.8, 4) is 6.07 Å². The van der Waals surface area contributed by atoms with Gasteiger partial charge in [0.25, 0.3) is 5.91 Å². The summed E-state index contributed by atoms with van der Waals surface area (Å²) in [7, 11) is 1.50. The molecule has 0 aliphatic rings. The Hall–Kier alpha value is -2.11. The van der Waals surface area contributed by atoms with E-state index in [9.17, 15) is 9.59 Å². The summed E-state index contributed by atoms with van der Waals surface area (Å²) in [5.41, 5.74) is 4.54. The molecule has 0 aromatic heterocycles. The molecule has 2 amide bonds. The molecule has 0 rings (SSSR count). The molecule has 8 nitrogen and oxygen atoms in total. The van der Waals surface area contributed by atoms with Crippen LogP contribution in [0.5, 0.6) is 0 Å². The third-order valence-electron chi connectivity index (χ3n) is 2.24. The molecule has 8 heteroatoms. The summed E-state index contributed by atoms with van der Waals surface area (Å²) >= 11 is 0. The van der Waals surface area contributed by atoms with Crippen molar-refractivity contribution in [1.29, 1.82) is 5.26 Å². The lowest BCUT2D eigenvalue weighted by Crippen LogP contribution is -2.37. The zero-order chi connectivity index (χ0) is 17.2. The van der Waals surface area contributed by atoms with Gasteiger partial charge in [-0.1, -0.05) is 0 Å². The Bertz CT molecular complexity index is 449. The fourth-order valence-corrected chi connectivity index (χ4v) is 1.32. The van der Waals surface area contributed by atoms with Crippen molar-refractivity contribution in [1.82, 2.24) is 10.2 Å². The number of rotatable bonds is 7. The van der Waals surface area contributed by atoms with Crippen molar-refractivity contribution in [3.05, 3.63) is 11.8 Å². The first-order valence-electron chi connectivity index (χ1n) is 6.84. The number of nitrogens with zero attached hydrogens (tertiary/aromatic N) is 2. The first kappa shape index (κ1) is 19.9. The van der Waals surface area contributed by atoms with Crippen LogP contribution >= 0.6 is 0 Å². The quantitative estimate of drug-likeness (QED) is 0.398. The van der Waals surface area contributed by atoms with Crippen LogP contribution in [0.1, 0.15) is 20.8 Å². The van der Waals surface area contributed by atoms with Gasteiger partial charge in [-0.3, -0.25) is 9.69 Å². The number of carbonyl (C=O) groups excluding carboxylic acids is 2. The van der Waals surface area contributed by atoms with Crippen LogP contribution in [0.3, 0.4) is 0 Å². The molecule has 0 spiro atoms. The van der Waals surface area contributed by atoms with Crippen LogP contribution in [0.4, 0.5) is 4.79 Å². The van der Waals surface area contributed by atoms with Crippen LogP contribution in [0.2, 0.25) is 0 Å². The minimum Gasteiger partial charge on any atom is -0.443 e. The third kappa shape index (κ3) is 8.24. The van der Waals surface area contributed by atoms with E-state index >= 15 is 0 Å². The molecule has 3 N–H and O–H groups in total. The third-order valence-corrected chi connectivity index (χ3v) is 2.24. The number of nitrogens with one attached hydrogen (secondary N) is 1. The average molecular weight is 312 g/mol. The van der Waals surface area contributed by atoms with Crippen LogP contribution in [0.25, 0.3) is 0 Å². The molecule has 0 bridgehead atoms. The minimum atomic E-state index is -0.689. The first-order valence-corrected chi connectivity index (χ1v) is 6.84. The lowest BCUT2D eigenvalue weighted by Gasteiger charge is -2.25. The maximum atomic E-state index is 12.0. The SMILES string of the molecule is COCCNC(=O)/C(C#N)=C\N(CCN)C(=O)OC(C)(C)C. The van der Waals surface area contributed by atoms with E-state index < -0.39 is 17.6 Å². The van der Waals surface area contributed by atoms with Crippen LogP contribution in [0, 0.1) is 11.3 Å². The van der Waals surface area contributed by atoms with Crippen LogP contribution in [-0.2, 0) is 14.3 Å². The topological polar surface area (TPSA) is 118 Å². The zero-order valence-corrected chi connectivity index (χ0v) is 13.5. The van der Waals surface area contributed by atoms with Crippen LogP contribution in [-0.4, -0.2) is 55.9 Å². The van der Waals surface area contributed by atoms with Gasteiger partial charge in [0, 0.05) is 32.9 Å². The van der Waals surface area contributed by atoms with Crippen LogP contribution < -0.4 is 11.1 Å². The summed E-state index contributed by atoms with van der Waals surface area (Å²) in [6.07, 6.45) is 0.471. The molecule has 0 aliphatic heterocycles. The molecule has 0 aromatic rings. The highest BCUT2D eigenvalue weighted by molar-refractivity contribution is 5.97. The van der Waals surface area contributed by atoms with E-state index in [0.29, 0.717) is 6.61 Å². The van der Waals surface area contributed by atoms with Gasteiger partial charge in [-0.15, -0.1) is 0 Å². The van der Waals surface area contributed by atoms with E-state index in [-0.39, 0.29) is 25.2 Å². The number of hydrogen-bond acceptors (Lipinski definition) is 6. The summed E-state index contributed by atoms with van der Waals surface area (Å²) in [6, 6.07) is 1.75. The molecule has 22 heavy (non-hydrogen) atoms. The van der Waals surface area contributed by atoms with Crippen molar-refractivity contribution in [2.45, 2.75) is 26.4 Å². The van der Waals surface area contributed by atoms with Gasteiger partial charge in [-0.25, -0.2) is 4.79 Å². The molecule has 0 aliphatic carbocycles. The van der Waals surface area contributed by atoms with Gasteiger partial charge in [0.1, 0.15) is 17.2 Å². The molecule has 124 valence electrons. The summed E-state index contributed by atoms with van der Waals surface area (Å²) < 4.78 is 10.0. The fourth-order valence-electron chi connectivity index (χ4n) is 1.32. The number of methoxy groups -OCH3 is 1. The molecule has 0 saturated heterocycles. The van der Waals surface area contributed by atoms with Gasteiger partial charge < -0.3 is 20.5 Å². The Morgan fingerprint density at radius 2 is 2.05 bits per heavy atom. The second kappa shape index (κ2) is 9.76. The van der Waals surface area contributed by atoms with Gasteiger partial charge >= 0.3 is 6.09 Å². The van der Waals surface area contributed by atoms with Crippen molar-refractivity contribution >= 4 is 12.0 Å². The van der Waals surface area contributed by atoms with E-state index in [2.05, 4.69) is 5.32 Å². The molecule has 0 unspecified atom stereocenters. The molecular weight excluding hydrogens is 288 g/mol. The molecular formula is C14H24N4O4. The van der Waals surface area contributed by atoms with Gasteiger partial charge in [0.15, 0.2) is 0 Å². The highest BCUT2D eigenvalue weighted by Crippen LogP contribution is 2.11. The van der Waals surface area contributed by atoms with Crippen molar-refractivity contribution in [2.24, 2.45) is 5.73 Å². The Labute approximate surface area is 130 Å². The molecule has 0 fully saturated rings. The highest BCUT2D eigenvalue weighted by Gasteiger charge is 2.22. The van der Waals surface area contributed by atoms with Crippen molar-refractivity contribution < 1.29 is 19.1 Å². The number of nitrogens with two attached hydrogens (primary N) is 1. The first-order chi connectivity index (χ1) is 10.2. The lowest BCUT2D eigenvalue weighted by molar-refractivity contribution is -0.117. The number of amides is 2. The minimum absolute atomic E-state index is 0.130. The lowest BCUT2D eigenvalue weighted by atomic mass is 10.2. The number of carbonyl (C=O) groups is 2. The fraction of sp³-hybridized carbons (Fsp3) is 0.643. The predicted molar refractivity (Wildman–Crippen MR) is 80.6 cm³/mol. The molecule has 0 radical (unpaired) electrons. The van der Waals surface area contributed by atoms with E-state index in [0.717, 1.165) is 11.1 Å². The van der Waals surface area contributed by atoms with E-state index in [1.165, 1.54) is 7.11 Å². The zero-order valence-electron chi connectivity index (χ0n) is 13.5. The number of nitriles is 1. The standard InChI is InChI=1S/C14H24N4O4/c1-14(2,3)22-13(20)18(7-5-15)10-11(9-16)12(19)17-6-8-21-4/h10H,5-8,15H2,1-4H3,(H,17,19)/b11-10-. The number of ether oxygens (including phenoxy) is 2. The van der Waals surface area contributed by atoms with Crippen molar-refractivity contribution in [2.75, 3.05) is 33.4 Å². The largest absolute Gasteiger partial charge is 0.443 e. The van der Waals surface area contributed by atoms with Crippen LogP contribution in [0.15, 0.2) is 11.8 Å². The number of hydrogen-bond donors (Lipinski definition) is 2. The van der Waals surface area contributed by atoms with E-state index in [1.807, 2.05) is 0 Å². The molecule has 0 heterocycles. The highest BCUT2D eigenvalue weighted by atomic mass is 16.6. The van der Waals surface area contributed by atoms with E-state index in [1.54, 1.807) is 26.8 Å². The molecule has 0 aromatic carbocycles. The average Bonchev–Trinajstić information content (AvgIpc) is 2.41. The summed E-state index contributed by atoms with van der Waals surface area (Å²) in [6.45, 7) is 6.04. The Kier molecular flexibility index (Phi) is 8.82. The summed E-state index contributed by atoms with van der Waals surface area (Å²) in [4.78, 5) is 25.0. The van der Waals surface area contributed by atoms with Gasteiger partial charge in [-0.05, 0) is 20.8 Å². The van der Waals surface area contributed by atoms with Gasteiger partial charge in [0.05, 0.1) is 6.61 Å². The van der Waals surface area contributed by atoms with Gasteiger partial charge in [-0.2, -0.15) is 5.26 Å². The maximum Gasteiger partial charge on any atom is 0.414 e. The maximum absolute atomic E-state index is 12.0. The molecule has 0 atom stereocenters. The van der Waals surface area contributed by atoms with E-state index in [4.69, 9.17) is 20.5 Å². The monoisotopic (exact) mass is 312 g/mol. The second-order valence-corrected chi connectivity index (χ2v) is 5.37. The summed E-state index contributed by atoms with van der Waals surface area (Å²) in [5.74, 6) is -0.592. The van der Waals surface area contributed by atoms with Gasteiger partial charge in [0.2, 0.25) is 0 Å². The normalized spacial score (nSPS) is 11.5.